The second kappa shape index (κ2) is 8.71. The highest BCUT2D eigenvalue weighted by atomic mass is 31.2. The van der Waals surface area contributed by atoms with E-state index in [1.54, 1.807) is 9.80 Å². The third-order valence-electron chi connectivity index (χ3n) is 3.39. The molecule has 10 heteroatoms. The molecule has 1 aliphatic rings. The van der Waals surface area contributed by atoms with E-state index in [4.69, 9.17) is 14.9 Å². The van der Waals surface area contributed by atoms with Crippen molar-refractivity contribution in [2.45, 2.75) is 6.92 Å². The number of hydrogen-bond acceptors (Lipinski definition) is 6. The van der Waals surface area contributed by atoms with E-state index in [0.717, 1.165) is 0 Å². The molecule has 0 unspecified atom stereocenters. The zero-order valence-electron chi connectivity index (χ0n) is 12.7. The molecule has 3 N–H and O–H groups in total. The minimum atomic E-state index is -4.17. The van der Waals surface area contributed by atoms with Crippen molar-refractivity contribution in [2.75, 3.05) is 58.6 Å². The highest BCUT2D eigenvalue weighted by molar-refractivity contribution is 7.51. The molecule has 0 spiro atoms. The standard InChI is InChI=1S/C12H24N3O6P/c1-11(16)8-13-2-3-14(9-12(17)18)5-7-15(6-4-13)10-22(19,20)21/h2-10H2,1H3,(H,17,18)(H2,19,20,21). The fraction of sp³-hybridized carbons (Fsp3) is 0.833. The molecule has 1 rings (SSSR count). The van der Waals surface area contributed by atoms with E-state index < -0.39 is 13.6 Å². The van der Waals surface area contributed by atoms with Gasteiger partial charge in [-0.15, -0.1) is 0 Å². The predicted molar refractivity (Wildman–Crippen MR) is 79.7 cm³/mol. The number of carboxylic acids is 1. The van der Waals surface area contributed by atoms with Crippen molar-refractivity contribution in [3.8, 4) is 0 Å². The second-order valence-electron chi connectivity index (χ2n) is 5.57. The third kappa shape index (κ3) is 8.57. The number of nitrogens with zero attached hydrogens (tertiary/aromatic N) is 3. The third-order valence-corrected chi connectivity index (χ3v) is 4.16. The number of Topliss-reactive ketones (excluding diaryl/α,β-unsaturated/α-hetero) is 1. The zero-order chi connectivity index (χ0) is 16.8. The van der Waals surface area contributed by atoms with Gasteiger partial charge >= 0.3 is 13.6 Å². The van der Waals surface area contributed by atoms with Crippen LogP contribution in [0.15, 0.2) is 0 Å². The molecule has 0 aromatic heterocycles. The van der Waals surface area contributed by atoms with Crippen LogP contribution in [0.3, 0.4) is 0 Å². The Labute approximate surface area is 129 Å². The highest BCUT2D eigenvalue weighted by Crippen LogP contribution is 2.34. The largest absolute Gasteiger partial charge is 0.480 e. The summed E-state index contributed by atoms with van der Waals surface area (Å²) < 4.78 is 11.2. The van der Waals surface area contributed by atoms with Crippen LogP contribution >= 0.6 is 7.60 Å². The molecule has 1 heterocycles. The average Bonchev–Trinajstić information content (AvgIpc) is 2.41. The Morgan fingerprint density at radius 1 is 0.909 bits per heavy atom. The number of hydrogen-bond donors (Lipinski definition) is 3. The number of carboxylic acid groups (broad SMARTS) is 1. The minimum absolute atomic E-state index is 0.00516. The van der Waals surface area contributed by atoms with Gasteiger partial charge in [0.15, 0.2) is 0 Å². The fourth-order valence-electron chi connectivity index (χ4n) is 2.41. The van der Waals surface area contributed by atoms with Crippen LogP contribution in [-0.2, 0) is 14.2 Å². The van der Waals surface area contributed by atoms with Crippen LogP contribution in [-0.4, -0.2) is 100.0 Å². The van der Waals surface area contributed by atoms with Crippen molar-refractivity contribution >= 4 is 19.3 Å². The van der Waals surface area contributed by atoms with Gasteiger partial charge in [-0.2, -0.15) is 0 Å². The first kappa shape index (κ1) is 19.2. The number of carbonyl (C=O) groups is 2. The van der Waals surface area contributed by atoms with Crippen LogP contribution in [0.1, 0.15) is 6.92 Å². The summed E-state index contributed by atoms with van der Waals surface area (Å²) in [7, 11) is -4.17. The van der Waals surface area contributed by atoms with Gasteiger partial charge in [0.25, 0.3) is 0 Å². The summed E-state index contributed by atoms with van der Waals surface area (Å²) in [5, 5.41) is 8.91. The molecular formula is C12H24N3O6P. The molecule has 0 atom stereocenters. The monoisotopic (exact) mass is 337 g/mol. The summed E-state index contributed by atoms with van der Waals surface area (Å²) >= 11 is 0. The van der Waals surface area contributed by atoms with E-state index in [1.165, 1.54) is 6.92 Å². The van der Waals surface area contributed by atoms with Crippen molar-refractivity contribution in [1.29, 1.82) is 0 Å². The molecule has 9 nitrogen and oxygen atoms in total. The van der Waals surface area contributed by atoms with Crippen molar-refractivity contribution in [2.24, 2.45) is 0 Å². The van der Waals surface area contributed by atoms with Gasteiger partial charge in [-0.05, 0) is 6.92 Å². The van der Waals surface area contributed by atoms with Gasteiger partial charge in [0.1, 0.15) is 12.1 Å². The Hall–Kier alpha value is -0.830. The van der Waals surface area contributed by atoms with Gasteiger partial charge in [0.2, 0.25) is 0 Å². The topological polar surface area (TPSA) is 122 Å². The van der Waals surface area contributed by atoms with E-state index in [1.807, 2.05) is 4.90 Å². The Bertz CT molecular complexity index is 413. The summed E-state index contributed by atoms with van der Waals surface area (Å²) in [6, 6.07) is 0. The van der Waals surface area contributed by atoms with Crippen molar-refractivity contribution in [3.63, 3.8) is 0 Å². The molecule has 0 bridgehead atoms. The van der Waals surface area contributed by atoms with Crippen LogP contribution in [0.4, 0.5) is 0 Å². The second-order valence-corrected chi connectivity index (χ2v) is 7.18. The summed E-state index contributed by atoms with van der Waals surface area (Å²) in [4.78, 5) is 45.6. The molecule has 1 saturated heterocycles. The van der Waals surface area contributed by atoms with Gasteiger partial charge in [0, 0.05) is 39.3 Å². The average molecular weight is 337 g/mol. The molecular weight excluding hydrogens is 313 g/mol. The molecule has 0 aliphatic carbocycles. The van der Waals surface area contributed by atoms with E-state index in [-0.39, 0.29) is 25.2 Å². The van der Waals surface area contributed by atoms with E-state index >= 15 is 0 Å². The molecule has 0 aromatic carbocycles. The highest BCUT2D eigenvalue weighted by Gasteiger charge is 2.23. The van der Waals surface area contributed by atoms with Gasteiger partial charge in [-0.3, -0.25) is 28.9 Å². The SMILES string of the molecule is CC(=O)CN1CCN(CC(=O)O)CCN(CP(=O)(O)O)CC1. The van der Waals surface area contributed by atoms with Gasteiger partial charge in [-0.1, -0.05) is 0 Å². The maximum Gasteiger partial charge on any atom is 0.339 e. The fourth-order valence-corrected chi connectivity index (χ4v) is 3.21. The quantitative estimate of drug-likeness (QED) is 0.508. The Morgan fingerprint density at radius 3 is 1.68 bits per heavy atom. The maximum atomic E-state index is 11.3. The van der Waals surface area contributed by atoms with Crippen molar-refractivity contribution < 1.29 is 29.0 Å². The normalized spacial score (nSPS) is 20.1. The van der Waals surface area contributed by atoms with Crippen molar-refractivity contribution in [1.82, 2.24) is 14.7 Å². The lowest BCUT2D eigenvalue weighted by molar-refractivity contribution is -0.138. The van der Waals surface area contributed by atoms with Crippen LogP contribution in [0, 0.1) is 0 Å². The Morgan fingerprint density at radius 2 is 1.32 bits per heavy atom. The van der Waals surface area contributed by atoms with Crippen LogP contribution in [0.25, 0.3) is 0 Å². The summed E-state index contributed by atoms with van der Waals surface area (Å²) in [5.74, 6) is -0.940. The first-order chi connectivity index (χ1) is 10.2. The number of rotatable bonds is 6. The lowest BCUT2D eigenvalue weighted by atomic mass is 10.3. The molecule has 0 aromatic rings. The van der Waals surface area contributed by atoms with Crippen LogP contribution < -0.4 is 0 Å². The van der Waals surface area contributed by atoms with Crippen LogP contribution in [0.2, 0.25) is 0 Å². The van der Waals surface area contributed by atoms with Crippen LogP contribution in [0.5, 0.6) is 0 Å². The van der Waals surface area contributed by atoms with E-state index in [2.05, 4.69) is 0 Å². The lowest BCUT2D eigenvalue weighted by Gasteiger charge is -2.25. The maximum absolute atomic E-state index is 11.3. The molecule has 0 saturated carbocycles. The van der Waals surface area contributed by atoms with E-state index in [0.29, 0.717) is 39.3 Å². The van der Waals surface area contributed by atoms with Gasteiger partial charge in [0.05, 0.1) is 13.1 Å². The minimum Gasteiger partial charge on any atom is -0.480 e. The molecule has 0 radical (unpaired) electrons. The lowest BCUT2D eigenvalue weighted by Crippen LogP contribution is -2.40. The molecule has 0 amide bonds. The Kier molecular flexibility index (Phi) is 7.61. The summed E-state index contributed by atoms with van der Waals surface area (Å²) in [6.07, 6.45) is -0.359. The Balaban J connectivity index is 2.74. The van der Waals surface area contributed by atoms with Crippen molar-refractivity contribution in [3.05, 3.63) is 0 Å². The van der Waals surface area contributed by atoms with E-state index in [9.17, 15) is 14.2 Å². The number of ketones is 1. The smallest absolute Gasteiger partial charge is 0.339 e. The van der Waals surface area contributed by atoms with Gasteiger partial charge < -0.3 is 14.9 Å². The van der Waals surface area contributed by atoms with Gasteiger partial charge in [-0.25, -0.2) is 0 Å². The molecule has 128 valence electrons. The number of carbonyl (C=O) groups excluding carboxylic acids is 1. The first-order valence-electron chi connectivity index (χ1n) is 7.08. The molecule has 1 fully saturated rings. The molecule has 1 aliphatic heterocycles. The zero-order valence-corrected chi connectivity index (χ0v) is 13.6. The summed E-state index contributed by atoms with van der Waals surface area (Å²) in [6.45, 7) is 4.41. The summed E-state index contributed by atoms with van der Waals surface area (Å²) in [5.41, 5.74) is 0. The predicted octanol–water partition coefficient (Wildman–Crippen LogP) is -1.29. The first-order valence-corrected chi connectivity index (χ1v) is 8.88. The number of aliphatic carboxylic acids is 1. The molecule has 22 heavy (non-hydrogen) atoms.